The van der Waals surface area contributed by atoms with Gasteiger partial charge in [0.05, 0.1) is 11.9 Å². The molecule has 2 aromatic rings. The molecule has 1 fully saturated rings. The van der Waals surface area contributed by atoms with Crippen molar-refractivity contribution in [1.82, 2.24) is 25.3 Å². The number of nitrogens with zero attached hydrogens (tertiary/aromatic N) is 3. The Kier molecular flexibility index (Phi) is 6.43. The molecule has 0 saturated carbocycles. The number of carbonyl (C=O) groups is 2. The molecular formula is C20H28N6O2. The Balaban J connectivity index is 1.65. The minimum atomic E-state index is -0.299. The highest BCUT2D eigenvalue weighted by molar-refractivity contribution is 6.08. The number of amides is 2. The highest BCUT2D eigenvalue weighted by atomic mass is 16.2. The van der Waals surface area contributed by atoms with Crippen LogP contribution in [0.5, 0.6) is 0 Å². The summed E-state index contributed by atoms with van der Waals surface area (Å²) in [6.45, 7) is 8.73. The standard InChI is InChI=1S/C20H28N6O2/c1-14(2)22-20(28)18-17(12-21-24-18)23-19(27)16-6-4-5-15(11-16)13-26-9-7-25(3)8-10-26/h4-6,11-12,14H,7-10,13H2,1-3H3,(H,21,24)(H,22,28)(H,23,27). The van der Waals surface area contributed by atoms with Gasteiger partial charge in [0.15, 0.2) is 0 Å². The van der Waals surface area contributed by atoms with E-state index in [0.717, 1.165) is 38.3 Å². The van der Waals surface area contributed by atoms with E-state index in [1.165, 1.54) is 6.20 Å². The van der Waals surface area contributed by atoms with Gasteiger partial charge >= 0.3 is 0 Å². The van der Waals surface area contributed by atoms with Crippen LogP contribution >= 0.6 is 0 Å². The Bertz CT molecular complexity index is 824. The molecule has 28 heavy (non-hydrogen) atoms. The van der Waals surface area contributed by atoms with Crippen molar-refractivity contribution in [2.75, 3.05) is 38.5 Å². The first kappa shape index (κ1) is 20.0. The lowest BCUT2D eigenvalue weighted by molar-refractivity contribution is 0.0939. The second-order valence-corrected chi connectivity index (χ2v) is 7.52. The molecule has 0 spiro atoms. The molecule has 0 unspecified atom stereocenters. The molecule has 150 valence electrons. The van der Waals surface area contributed by atoms with Crippen molar-refractivity contribution in [3.05, 3.63) is 47.3 Å². The van der Waals surface area contributed by atoms with Gasteiger partial charge in [0, 0.05) is 44.3 Å². The Hall–Kier alpha value is -2.71. The molecule has 0 bridgehead atoms. The molecule has 3 N–H and O–H groups in total. The minimum absolute atomic E-state index is 0.00870. The van der Waals surface area contributed by atoms with Gasteiger partial charge in [-0.25, -0.2) is 0 Å². The number of piperazine rings is 1. The average Bonchev–Trinajstić information content (AvgIpc) is 3.11. The molecule has 0 aliphatic carbocycles. The van der Waals surface area contributed by atoms with Gasteiger partial charge in [0.1, 0.15) is 5.69 Å². The number of anilines is 1. The average molecular weight is 384 g/mol. The summed E-state index contributed by atoms with van der Waals surface area (Å²) in [6.07, 6.45) is 1.45. The minimum Gasteiger partial charge on any atom is -0.348 e. The van der Waals surface area contributed by atoms with Gasteiger partial charge in [-0.15, -0.1) is 0 Å². The van der Waals surface area contributed by atoms with Crippen LogP contribution in [0.3, 0.4) is 0 Å². The fourth-order valence-electron chi connectivity index (χ4n) is 3.16. The van der Waals surface area contributed by atoms with Crippen LogP contribution in [0.15, 0.2) is 30.5 Å². The van der Waals surface area contributed by atoms with E-state index in [-0.39, 0.29) is 23.6 Å². The molecule has 8 nitrogen and oxygen atoms in total. The molecule has 1 saturated heterocycles. The zero-order valence-electron chi connectivity index (χ0n) is 16.7. The van der Waals surface area contributed by atoms with Crippen molar-refractivity contribution in [1.29, 1.82) is 0 Å². The zero-order valence-corrected chi connectivity index (χ0v) is 16.7. The van der Waals surface area contributed by atoms with Gasteiger partial charge in [-0.2, -0.15) is 5.10 Å². The molecular weight excluding hydrogens is 356 g/mol. The number of likely N-dealkylation sites (N-methyl/N-ethyl adjacent to an activating group) is 1. The van der Waals surface area contributed by atoms with Crippen LogP contribution in [-0.4, -0.2) is 71.1 Å². The lowest BCUT2D eigenvalue weighted by atomic mass is 10.1. The quantitative estimate of drug-likeness (QED) is 0.703. The maximum absolute atomic E-state index is 12.7. The van der Waals surface area contributed by atoms with Gasteiger partial charge in [0.2, 0.25) is 0 Å². The largest absolute Gasteiger partial charge is 0.348 e. The predicted octanol–water partition coefficient (Wildman–Crippen LogP) is 1.55. The summed E-state index contributed by atoms with van der Waals surface area (Å²) in [5.41, 5.74) is 2.27. The van der Waals surface area contributed by atoms with Crippen LogP contribution in [0, 0.1) is 0 Å². The van der Waals surface area contributed by atoms with Crippen molar-refractivity contribution in [2.45, 2.75) is 26.4 Å². The summed E-state index contributed by atoms with van der Waals surface area (Å²) in [6, 6.07) is 7.60. The van der Waals surface area contributed by atoms with Crippen LogP contribution in [0.25, 0.3) is 0 Å². The Morgan fingerprint density at radius 1 is 1.18 bits per heavy atom. The van der Waals surface area contributed by atoms with Crippen LogP contribution < -0.4 is 10.6 Å². The van der Waals surface area contributed by atoms with Crippen molar-refractivity contribution in [3.8, 4) is 0 Å². The Morgan fingerprint density at radius 3 is 2.64 bits per heavy atom. The number of hydrogen-bond donors (Lipinski definition) is 3. The Labute approximate surface area is 165 Å². The predicted molar refractivity (Wildman–Crippen MR) is 108 cm³/mol. The van der Waals surface area contributed by atoms with Crippen molar-refractivity contribution in [3.63, 3.8) is 0 Å². The van der Waals surface area contributed by atoms with Gasteiger partial charge < -0.3 is 15.5 Å². The van der Waals surface area contributed by atoms with Crippen molar-refractivity contribution < 1.29 is 9.59 Å². The molecule has 0 radical (unpaired) electrons. The molecule has 1 aromatic heterocycles. The van der Waals surface area contributed by atoms with E-state index in [9.17, 15) is 9.59 Å². The fourth-order valence-corrected chi connectivity index (χ4v) is 3.16. The maximum atomic E-state index is 12.7. The van der Waals surface area contributed by atoms with E-state index < -0.39 is 0 Å². The molecule has 1 aliphatic heterocycles. The van der Waals surface area contributed by atoms with Crippen molar-refractivity contribution in [2.24, 2.45) is 0 Å². The summed E-state index contributed by atoms with van der Waals surface area (Å²) in [5, 5.41) is 12.1. The number of nitrogens with one attached hydrogen (secondary N) is 3. The van der Waals surface area contributed by atoms with Crippen LogP contribution in [0.2, 0.25) is 0 Å². The lowest BCUT2D eigenvalue weighted by Gasteiger charge is -2.32. The summed E-state index contributed by atoms with van der Waals surface area (Å²) < 4.78 is 0. The SMILES string of the molecule is CC(C)NC(=O)c1[nH]ncc1NC(=O)c1cccc(CN2CCN(C)CC2)c1. The molecule has 2 heterocycles. The normalized spacial score (nSPS) is 15.6. The number of benzene rings is 1. The number of H-pyrrole nitrogens is 1. The van der Waals surface area contributed by atoms with Gasteiger partial charge in [-0.3, -0.25) is 19.6 Å². The van der Waals surface area contributed by atoms with Crippen LogP contribution in [0.4, 0.5) is 5.69 Å². The molecule has 2 amide bonds. The maximum Gasteiger partial charge on any atom is 0.271 e. The number of aromatic nitrogens is 2. The third-order valence-corrected chi connectivity index (χ3v) is 4.73. The van der Waals surface area contributed by atoms with Crippen molar-refractivity contribution >= 4 is 17.5 Å². The fraction of sp³-hybridized carbons (Fsp3) is 0.450. The number of rotatable bonds is 6. The van der Waals surface area contributed by atoms with Crippen LogP contribution in [0.1, 0.15) is 40.3 Å². The topological polar surface area (TPSA) is 93.4 Å². The first-order chi connectivity index (χ1) is 13.4. The molecule has 1 aromatic carbocycles. The van der Waals surface area contributed by atoms with E-state index in [1.807, 2.05) is 32.0 Å². The molecule has 1 aliphatic rings. The molecule has 8 heteroatoms. The Morgan fingerprint density at radius 2 is 1.93 bits per heavy atom. The van der Waals surface area contributed by atoms with E-state index in [0.29, 0.717) is 11.3 Å². The van der Waals surface area contributed by atoms with Gasteiger partial charge in [-0.1, -0.05) is 12.1 Å². The second kappa shape index (κ2) is 8.99. The first-order valence-electron chi connectivity index (χ1n) is 9.58. The number of carbonyl (C=O) groups excluding carboxylic acids is 2. The van der Waals surface area contributed by atoms with Gasteiger partial charge in [-0.05, 0) is 38.6 Å². The molecule has 3 rings (SSSR count). The molecule has 0 atom stereocenters. The first-order valence-corrected chi connectivity index (χ1v) is 9.58. The second-order valence-electron chi connectivity index (χ2n) is 7.52. The summed E-state index contributed by atoms with van der Waals surface area (Å²) >= 11 is 0. The highest BCUT2D eigenvalue weighted by Gasteiger charge is 2.18. The third kappa shape index (κ3) is 5.17. The third-order valence-electron chi connectivity index (χ3n) is 4.73. The lowest BCUT2D eigenvalue weighted by Crippen LogP contribution is -2.43. The highest BCUT2D eigenvalue weighted by Crippen LogP contribution is 2.15. The van der Waals surface area contributed by atoms with E-state index in [4.69, 9.17) is 0 Å². The summed E-state index contributed by atoms with van der Waals surface area (Å²) in [4.78, 5) is 29.6. The zero-order chi connectivity index (χ0) is 20.1. The van der Waals surface area contributed by atoms with E-state index in [1.54, 1.807) is 6.07 Å². The smallest absolute Gasteiger partial charge is 0.271 e. The number of hydrogen-bond acceptors (Lipinski definition) is 5. The van der Waals surface area contributed by atoms with Gasteiger partial charge in [0.25, 0.3) is 11.8 Å². The number of aromatic amines is 1. The van der Waals surface area contributed by atoms with E-state index in [2.05, 4.69) is 37.7 Å². The summed E-state index contributed by atoms with van der Waals surface area (Å²) in [5.74, 6) is -0.563. The van der Waals surface area contributed by atoms with Crippen LogP contribution in [-0.2, 0) is 6.54 Å². The van der Waals surface area contributed by atoms with E-state index >= 15 is 0 Å². The summed E-state index contributed by atoms with van der Waals surface area (Å²) in [7, 11) is 2.13. The monoisotopic (exact) mass is 384 g/mol.